The molecule has 0 amide bonds. The minimum Gasteiger partial charge on any atom is -0.383 e. The summed E-state index contributed by atoms with van der Waals surface area (Å²) in [5.41, 5.74) is 9.20. The van der Waals surface area contributed by atoms with Crippen LogP contribution in [-0.2, 0) is 11.3 Å². The highest BCUT2D eigenvalue weighted by molar-refractivity contribution is 5.75. The molecule has 1 aromatic carbocycles. The second kappa shape index (κ2) is 6.03. The van der Waals surface area contributed by atoms with E-state index in [0.717, 1.165) is 36.2 Å². The van der Waals surface area contributed by atoms with Crippen molar-refractivity contribution in [2.75, 3.05) is 18.8 Å². The number of nitrogens with two attached hydrogens (primary N) is 1. The van der Waals surface area contributed by atoms with Gasteiger partial charge in [-0.2, -0.15) is 0 Å². The summed E-state index contributed by atoms with van der Waals surface area (Å²) in [5, 5.41) is 3.31. The van der Waals surface area contributed by atoms with Gasteiger partial charge in [0, 0.05) is 18.3 Å². The lowest BCUT2D eigenvalue weighted by Crippen LogP contribution is -2.16. The second-order valence-electron chi connectivity index (χ2n) is 5.02. The van der Waals surface area contributed by atoms with Gasteiger partial charge in [0.1, 0.15) is 5.82 Å². The molecule has 104 valence electrons. The maximum absolute atomic E-state index is 5.98. The Labute approximate surface area is 119 Å². The van der Waals surface area contributed by atoms with E-state index in [0.29, 0.717) is 18.5 Å². The van der Waals surface area contributed by atoms with Crippen LogP contribution in [0.25, 0.3) is 11.1 Å². The maximum atomic E-state index is 5.98. The van der Waals surface area contributed by atoms with Crippen LogP contribution in [0.1, 0.15) is 12.0 Å². The molecule has 1 aliphatic rings. The molecule has 2 aromatic rings. The van der Waals surface area contributed by atoms with Crippen LogP contribution in [0.5, 0.6) is 0 Å². The van der Waals surface area contributed by atoms with Crippen LogP contribution in [0.4, 0.5) is 5.82 Å². The minimum absolute atomic E-state index is 0.314. The Kier molecular flexibility index (Phi) is 3.95. The first kappa shape index (κ1) is 13.1. The second-order valence-corrected chi connectivity index (χ2v) is 5.02. The number of ether oxygens (including phenoxy) is 1. The number of benzene rings is 1. The van der Waals surface area contributed by atoms with Crippen LogP contribution in [0.2, 0.25) is 0 Å². The number of aromatic nitrogens is 1. The predicted molar refractivity (Wildman–Crippen MR) is 80.1 cm³/mol. The van der Waals surface area contributed by atoms with Gasteiger partial charge in [-0.3, -0.25) is 0 Å². The molecule has 0 aliphatic carbocycles. The number of anilines is 1. The Hall–Kier alpha value is -1.91. The van der Waals surface area contributed by atoms with Crippen molar-refractivity contribution in [1.82, 2.24) is 10.3 Å². The standard InChI is InChI=1S/C16H19N3O/c17-16-15(6-3-8-19-16)14-5-2-1-4-12(14)11-20-13-7-9-18-10-13/h1-6,8,13,18H,7,9-11H2,(H2,17,19). The highest BCUT2D eigenvalue weighted by atomic mass is 16.5. The van der Waals surface area contributed by atoms with Crippen molar-refractivity contribution in [2.45, 2.75) is 19.1 Å². The molecule has 1 fully saturated rings. The van der Waals surface area contributed by atoms with E-state index in [9.17, 15) is 0 Å². The Bertz CT molecular complexity index is 579. The Morgan fingerprint density at radius 2 is 2.05 bits per heavy atom. The fraction of sp³-hybridized carbons (Fsp3) is 0.312. The number of nitrogens with one attached hydrogen (secondary N) is 1. The van der Waals surface area contributed by atoms with Crippen molar-refractivity contribution in [2.24, 2.45) is 0 Å². The van der Waals surface area contributed by atoms with E-state index in [2.05, 4.69) is 22.4 Å². The molecule has 1 saturated heterocycles. The first-order chi connectivity index (χ1) is 9.84. The summed E-state index contributed by atoms with van der Waals surface area (Å²) in [6.07, 6.45) is 3.11. The van der Waals surface area contributed by atoms with Gasteiger partial charge in [0.15, 0.2) is 0 Å². The lowest BCUT2D eigenvalue weighted by molar-refractivity contribution is 0.0545. The molecule has 1 aliphatic heterocycles. The molecular weight excluding hydrogens is 250 g/mol. The summed E-state index contributed by atoms with van der Waals surface area (Å²) in [4.78, 5) is 4.16. The van der Waals surface area contributed by atoms with Crippen LogP contribution >= 0.6 is 0 Å². The molecule has 4 heteroatoms. The van der Waals surface area contributed by atoms with Gasteiger partial charge in [0.2, 0.25) is 0 Å². The molecule has 1 atom stereocenters. The largest absolute Gasteiger partial charge is 0.383 e. The van der Waals surface area contributed by atoms with Crippen molar-refractivity contribution >= 4 is 5.82 Å². The lowest BCUT2D eigenvalue weighted by atomic mass is 10.0. The van der Waals surface area contributed by atoms with Gasteiger partial charge < -0.3 is 15.8 Å². The lowest BCUT2D eigenvalue weighted by Gasteiger charge is -2.14. The molecule has 4 nitrogen and oxygen atoms in total. The number of rotatable bonds is 4. The average molecular weight is 269 g/mol. The van der Waals surface area contributed by atoms with E-state index in [4.69, 9.17) is 10.5 Å². The van der Waals surface area contributed by atoms with E-state index in [1.807, 2.05) is 24.3 Å². The highest BCUT2D eigenvalue weighted by Crippen LogP contribution is 2.28. The fourth-order valence-electron chi connectivity index (χ4n) is 2.53. The molecule has 2 heterocycles. The van der Waals surface area contributed by atoms with Crippen LogP contribution < -0.4 is 11.1 Å². The van der Waals surface area contributed by atoms with Gasteiger partial charge in [-0.05, 0) is 36.2 Å². The van der Waals surface area contributed by atoms with Gasteiger partial charge in [-0.1, -0.05) is 24.3 Å². The van der Waals surface area contributed by atoms with Gasteiger partial charge >= 0.3 is 0 Å². The minimum atomic E-state index is 0.314. The number of nitrogen functional groups attached to an aromatic ring is 1. The van der Waals surface area contributed by atoms with Crippen molar-refractivity contribution in [3.05, 3.63) is 48.2 Å². The Morgan fingerprint density at radius 1 is 1.20 bits per heavy atom. The monoisotopic (exact) mass is 269 g/mol. The molecule has 0 bridgehead atoms. The zero-order chi connectivity index (χ0) is 13.8. The summed E-state index contributed by atoms with van der Waals surface area (Å²) in [7, 11) is 0. The Balaban J connectivity index is 1.82. The van der Waals surface area contributed by atoms with Gasteiger partial charge in [-0.25, -0.2) is 4.98 Å². The quantitative estimate of drug-likeness (QED) is 0.893. The van der Waals surface area contributed by atoms with E-state index in [1.54, 1.807) is 6.20 Å². The van der Waals surface area contributed by atoms with Crippen LogP contribution in [0, 0.1) is 0 Å². The molecule has 1 unspecified atom stereocenters. The van der Waals surface area contributed by atoms with E-state index >= 15 is 0 Å². The SMILES string of the molecule is Nc1ncccc1-c1ccccc1COC1CCNC1. The van der Waals surface area contributed by atoms with Gasteiger partial charge in [-0.15, -0.1) is 0 Å². The molecule has 20 heavy (non-hydrogen) atoms. The number of pyridine rings is 1. The summed E-state index contributed by atoms with van der Waals surface area (Å²) in [6, 6.07) is 12.1. The highest BCUT2D eigenvalue weighted by Gasteiger charge is 2.16. The van der Waals surface area contributed by atoms with E-state index in [1.165, 1.54) is 0 Å². The van der Waals surface area contributed by atoms with Crippen LogP contribution in [0.3, 0.4) is 0 Å². The van der Waals surface area contributed by atoms with E-state index in [-0.39, 0.29) is 0 Å². The van der Waals surface area contributed by atoms with Crippen LogP contribution in [-0.4, -0.2) is 24.2 Å². The Morgan fingerprint density at radius 3 is 2.85 bits per heavy atom. The topological polar surface area (TPSA) is 60.2 Å². The summed E-state index contributed by atoms with van der Waals surface area (Å²) < 4.78 is 5.97. The first-order valence-corrected chi connectivity index (χ1v) is 6.95. The number of hydrogen-bond donors (Lipinski definition) is 2. The van der Waals surface area contributed by atoms with Crippen molar-refractivity contribution in [3.8, 4) is 11.1 Å². The third-order valence-electron chi connectivity index (χ3n) is 3.64. The van der Waals surface area contributed by atoms with Crippen molar-refractivity contribution < 1.29 is 4.74 Å². The molecule has 3 rings (SSSR count). The zero-order valence-corrected chi connectivity index (χ0v) is 11.4. The maximum Gasteiger partial charge on any atom is 0.131 e. The van der Waals surface area contributed by atoms with Gasteiger partial charge in [0.05, 0.1) is 12.7 Å². The molecule has 0 radical (unpaired) electrons. The molecular formula is C16H19N3O. The normalized spacial score (nSPS) is 18.3. The molecule has 0 saturated carbocycles. The van der Waals surface area contributed by atoms with Crippen LogP contribution in [0.15, 0.2) is 42.6 Å². The van der Waals surface area contributed by atoms with Crippen molar-refractivity contribution in [3.63, 3.8) is 0 Å². The molecule has 0 spiro atoms. The predicted octanol–water partition coefficient (Wildman–Crippen LogP) is 2.21. The van der Waals surface area contributed by atoms with Gasteiger partial charge in [0.25, 0.3) is 0 Å². The molecule has 1 aromatic heterocycles. The summed E-state index contributed by atoms with van der Waals surface area (Å²) in [5.74, 6) is 0.558. The fourth-order valence-corrected chi connectivity index (χ4v) is 2.53. The number of hydrogen-bond acceptors (Lipinski definition) is 4. The average Bonchev–Trinajstić information content (AvgIpc) is 2.99. The van der Waals surface area contributed by atoms with Crippen molar-refractivity contribution in [1.29, 1.82) is 0 Å². The zero-order valence-electron chi connectivity index (χ0n) is 11.4. The summed E-state index contributed by atoms with van der Waals surface area (Å²) >= 11 is 0. The molecule has 3 N–H and O–H groups in total. The summed E-state index contributed by atoms with van der Waals surface area (Å²) in [6.45, 7) is 2.59. The third-order valence-corrected chi connectivity index (χ3v) is 3.64. The number of nitrogens with zero attached hydrogens (tertiary/aromatic N) is 1. The third kappa shape index (κ3) is 2.81. The van der Waals surface area contributed by atoms with E-state index < -0.39 is 0 Å². The first-order valence-electron chi connectivity index (χ1n) is 6.95. The smallest absolute Gasteiger partial charge is 0.131 e.